The smallest absolute Gasteiger partial charge is 0.161 e. The van der Waals surface area contributed by atoms with Gasteiger partial charge in [0.25, 0.3) is 0 Å². The van der Waals surface area contributed by atoms with Gasteiger partial charge < -0.3 is 14.6 Å². The van der Waals surface area contributed by atoms with Crippen molar-refractivity contribution in [1.82, 2.24) is 0 Å². The highest BCUT2D eigenvalue weighted by molar-refractivity contribution is 7.10. The van der Waals surface area contributed by atoms with Crippen molar-refractivity contribution in [2.45, 2.75) is 19.4 Å². The van der Waals surface area contributed by atoms with Crippen LogP contribution in [0.2, 0.25) is 0 Å². The Balaban J connectivity index is 2.49. The lowest BCUT2D eigenvalue weighted by Gasteiger charge is -2.24. The first-order valence-corrected chi connectivity index (χ1v) is 6.88. The molecule has 1 aromatic carbocycles. The van der Waals surface area contributed by atoms with Crippen LogP contribution < -0.4 is 9.47 Å². The van der Waals surface area contributed by atoms with Gasteiger partial charge in [-0.1, -0.05) is 6.07 Å². The van der Waals surface area contributed by atoms with Crippen molar-refractivity contribution in [3.8, 4) is 11.5 Å². The lowest BCUT2D eigenvalue weighted by atomic mass is 9.92. The van der Waals surface area contributed by atoms with Crippen molar-refractivity contribution in [2.24, 2.45) is 0 Å². The van der Waals surface area contributed by atoms with Crippen LogP contribution in [0.1, 0.15) is 22.9 Å². The zero-order valence-corrected chi connectivity index (χ0v) is 12.4. The van der Waals surface area contributed by atoms with Crippen LogP contribution in [-0.2, 0) is 5.60 Å². The fourth-order valence-corrected chi connectivity index (χ4v) is 3.15. The molecule has 0 saturated heterocycles. The minimum atomic E-state index is -1.03. The number of thiophene rings is 1. The number of aryl methyl sites for hydroxylation is 1. The molecule has 0 aliphatic heterocycles. The van der Waals surface area contributed by atoms with E-state index in [9.17, 15) is 5.11 Å². The number of methoxy groups -OCH3 is 2. The molecule has 0 radical (unpaired) electrons. The van der Waals surface area contributed by atoms with Crippen LogP contribution in [0.25, 0.3) is 0 Å². The van der Waals surface area contributed by atoms with Crippen LogP contribution in [0.5, 0.6) is 11.5 Å². The molecule has 1 atom stereocenters. The van der Waals surface area contributed by atoms with E-state index in [1.165, 1.54) is 0 Å². The highest BCUT2D eigenvalue weighted by atomic mass is 32.1. The van der Waals surface area contributed by atoms with Crippen LogP contribution in [0, 0.1) is 6.92 Å². The molecule has 1 N–H and O–H groups in total. The minimum absolute atomic E-state index is 0.620. The first kappa shape index (κ1) is 13.9. The third kappa shape index (κ3) is 2.46. The van der Waals surface area contributed by atoms with Gasteiger partial charge in [-0.3, -0.25) is 0 Å². The van der Waals surface area contributed by atoms with Crippen molar-refractivity contribution in [3.63, 3.8) is 0 Å². The van der Waals surface area contributed by atoms with Crippen molar-refractivity contribution in [3.05, 3.63) is 45.6 Å². The summed E-state index contributed by atoms with van der Waals surface area (Å²) in [6.07, 6.45) is 0. The van der Waals surface area contributed by atoms with E-state index in [-0.39, 0.29) is 0 Å². The van der Waals surface area contributed by atoms with Gasteiger partial charge >= 0.3 is 0 Å². The third-order valence-electron chi connectivity index (χ3n) is 3.25. The predicted molar refractivity (Wildman–Crippen MR) is 77.3 cm³/mol. The normalized spacial score (nSPS) is 13.9. The van der Waals surface area contributed by atoms with E-state index in [0.717, 1.165) is 16.0 Å². The number of rotatable bonds is 4. The summed E-state index contributed by atoms with van der Waals surface area (Å²) < 4.78 is 10.5. The van der Waals surface area contributed by atoms with Gasteiger partial charge in [0.1, 0.15) is 5.60 Å². The average Bonchev–Trinajstić information content (AvgIpc) is 2.84. The highest BCUT2D eigenvalue weighted by Crippen LogP contribution is 2.38. The van der Waals surface area contributed by atoms with E-state index < -0.39 is 5.60 Å². The molecule has 0 bridgehead atoms. The standard InChI is InChI=1S/C15H18O3S/c1-10-7-8-19-14(10)15(2,16)11-5-6-12(17-3)13(9-11)18-4/h5-9,16H,1-4H3. The summed E-state index contributed by atoms with van der Waals surface area (Å²) in [7, 11) is 3.19. The lowest BCUT2D eigenvalue weighted by Crippen LogP contribution is -2.22. The summed E-state index contributed by atoms with van der Waals surface area (Å²) in [4.78, 5) is 0.944. The highest BCUT2D eigenvalue weighted by Gasteiger charge is 2.29. The maximum atomic E-state index is 10.8. The molecule has 1 heterocycles. The Hall–Kier alpha value is -1.52. The molecular weight excluding hydrogens is 260 g/mol. The lowest BCUT2D eigenvalue weighted by molar-refractivity contribution is 0.105. The van der Waals surface area contributed by atoms with E-state index in [1.54, 1.807) is 32.5 Å². The number of benzene rings is 1. The zero-order valence-electron chi connectivity index (χ0n) is 11.6. The Labute approximate surface area is 117 Å². The molecule has 0 aliphatic carbocycles. The van der Waals surface area contributed by atoms with Crippen LogP contribution in [0.3, 0.4) is 0 Å². The van der Waals surface area contributed by atoms with Crippen LogP contribution in [-0.4, -0.2) is 19.3 Å². The molecule has 0 fully saturated rings. The van der Waals surface area contributed by atoms with E-state index in [0.29, 0.717) is 11.5 Å². The molecular formula is C15H18O3S. The van der Waals surface area contributed by atoms with E-state index in [1.807, 2.05) is 36.6 Å². The number of hydrogen-bond donors (Lipinski definition) is 1. The van der Waals surface area contributed by atoms with Gasteiger partial charge in [-0.15, -0.1) is 11.3 Å². The van der Waals surface area contributed by atoms with Gasteiger partial charge in [0.15, 0.2) is 11.5 Å². The molecule has 1 unspecified atom stereocenters. The fraction of sp³-hybridized carbons (Fsp3) is 0.333. The SMILES string of the molecule is COc1ccc(C(C)(O)c2sccc2C)cc1OC. The Kier molecular flexibility index (Phi) is 3.83. The molecule has 1 aromatic heterocycles. The summed E-state index contributed by atoms with van der Waals surface area (Å²) in [5.41, 5.74) is 0.845. The Morgan fingerprint density at radius 2 is 1.79 bits per heavy atom. The average molecular weight is 278 g/mol. The largest absolute Gasteiger partial charge is 0.493 e. The first-order chi connectivity index (χ1) is 9.00. The molecule has 3 nitrogen and oxygen atoms in total. The van der Waals surface area contributed by atoms with Crippen LogP contribution >= 0.6 is 11.3 Å². The summed E-state index contributed by atoms with van der Waals surface area (Å²) in [6.45, 7) is 3.80. The third-order valence-corrected chi connectivity index (χ3v) is 4.48. The molecule has 0 amide bonds. The van der Waals surface area contributed by atoms with Crippen LogP contribution in [0.15, 0.2) is 29.6 Å². The summed E-state index contributed by atoms with van der Waals surface area (Å²) in [6, 6.07) is 7.50. The monoisotopic (exact) mass is 278 g/mol. The second-order valence-corrected chi connectivity index (χ2v) is 5.49. The van der Waals surface area contributed by atoms with Gasteiger partial charge in [0, 0.05) is 4.88 Å². The maximum Gasteiger partial charge on any atom is 0.161 e. The zero-order chi connectivity index (χ0) is 14.0. The maximum absolute atomic E-state index is 10.8. The van der Waals surface area contributed by atoms with Crippen LogP contribution in [0.4, 0.5) is 0 Å². The first-order valence-electron chi connectivity index (χ1n) is 6.00. The van der Waals surface area contributed by atoms with Gasteiger partial charge in [-0.05, 0) is 48.6 Å². The fourth-order valence-electron chi connectivity index (χ4n) is 2.14. The van der Waals surface area contributed by atoms with E-state index in [4.69, 9.17) is 9.47 Å². The Morgan fingerprint density at radius 3 is 2.32 bits per heavy atom. The van der Waals surface area contributed by atoms with Crippen molar-refractivity contribution < 1.29 is 14.6 Å². The predicted octanol–water partition coefficient (Wildman–Crippen LogP) is 3.33. The van der Waals surface area contributed by atoms with Gasteiger partial charge in [0.2, 0.25) is 0 Å². The minimum Gasteiger partial charge on any atom is -0.493 e. The molecule has 0 spiro atoms. The van der Waals surface area contributed by atoms with Gasteiger partial charge in [-0.2, -0.15) is 0 Å². The Bertz CT molecular complexity index is 573. The molecule has 2 rings (SSSR count). The molecule has 102 valence electrons. The summed E-state index contributed by atoms with van der Waals surface area (Å²) >= 11 is 1.55. The molecule has 4 heteroatoms. The molecule has 19 heavy (non-hydrogen) atoms. The summed E-state index contributed by atoms with van der Waals surface area (Å²) in [5, 5.41) is 12.8. The number of hydrogen-bond acceptors (Lipinski definition) is 4. The molecule has 0 saturated carbocycles. The summed E-state index contributed by atoms with van der Waals surface area (Å²) in [5.74, 6) is 1.28. The number of aliphatic hydroxyl groups is 1. The number of ether oxygens (including phenoxy) is 2. The molecule has 0 aliphatic rings. The van der Waals surface area contributed by atoms with E-state index in [2.05, 4.69) is 0 Å². The quantitative estimate of drug-likeness (QED) is 0.932. The van der Waals surface area contributed by atoms with Gasteiger partial charge in [0.05, 0.1) is 14.2 Å². The van der Waals surface area contributed by atoms with Crippen molar-refractivity contribution >= 4 is 11.3 Å². The van der Waals surface area contributed by atoms with E-state index >= 15 is 0 Å². The topological polar surface area (TPSA) is 38.7 Å². The van der Waals surface area contributed by atoms with Crippen molar-refractivity contribution in [2.75, 3.05) is 14.2 Å². The van der Waals surface area contributed by atoms with Gasteiger partial charge in [-0.25, -0.2) is 0 Å². The second kappa shape index (κ2) is 5.23. The van der Waals surface area contributed by atoms with Crippen molar-refractivity contribution in [1.29, 1.82) is 0 Å². The molecule has 2 aromatic rings. The second-order valence-electron chi connectivity index (χ2n) is 4.57. The Morgan fingerprint density at radius 1 is 1.11 bits per heavy atom.